The molecule has 0 spiro atoms. The molecule has 0 aliphatic carbocycles. The van der Waals surface area contributed by atoms with Crippen LogP contribution in [-0.2, 0) is 4.74 Å². The summed E-state index contributed by atoms with van der Waals surface area (Å²) in [6, 6.07) is 7.30. The molecule has 24 heavy (non-hydrogen) atoms. The Kier molecular flexibility index (Phi) is 6.27. The number of halogens is 1. The van der Waals surface area contributed by atoms with E-state index in [4.69, 9.17) is 16.3 Å². The molecule has 1 aromatic heterocycles. The number of hydrogen-bond donors (Lipinski definition) is 2. The molecular formula is C16H16ClN5O2. The first-order valence-electron chi connectivity index (χ1n) is 7.10. The minimum atomic E-state index is -0.518. The maximum absolute atomic E-state index is 11.9. The number of rotatable bonds is 7. The van der Waals surface area contributed by atoms with E-state index in [2.05, 4.69) is 32.2 Å². The van der Waals surface area contributed by atoms with Crippen LogP contribution in [0.1, 0.15) is 17.3 Å². The molecule has 2 rings (SSSR count). The van der Waals surface area contributed by atoms with Crippen molar-refractivity contribution in [1.29, 1.82) is 0 Å². The summed E-state index contributed by atoms with van der Waals surface area (Å²) in [5, 5.41) is 6.05. The first-order valence-corrected chi connectivity index (χ1v) is 7.47. The molecule has 124 valence electrons. The van der Waals surface area contributed by atoms with Gasteiger partial charge in [-0.15, -0.1) is 0 Å². The van der Waals surface area contributed by atoms with Crippen molar-refractivity contribution >= 4 is 41.1 Å². The summed E-state index contributed by atoms with van der Waals surface area (Å²) in [5.41, 5.74) is 1.78. The van der Waals surface area contributed by atoms with Crippen molar-refractivity contribution in [1.82, 2.24) is 9.97 Å². The van der Waals surface area contributed by atoms with E-state index in [1.165, 1.54) is 18.7 Å². The molecule has 7 nitrogen and oxygen atoms in total. The highest BCUT2D eigenvalue weighted by molar-refractivity contribution is 6.28. The zero-order valence-electron chi connectivity index (χ0n) is 13.0. The van der Waals surface area contributed by atoms with Crippen LogP contribution < -0.4 is 10.6 Å². The van der Waals surface area contributed by atoms with Crippen LogP contribution in [0.3, 0.4) is 0 Å². The van der Waals surface area contributed by atoms with E-state index in [-0.39, 0.29) is 23.3 Å². The molecule has 2 aromatic rings. The second-order valence-corrected chi connectivity index (χ2v) is 4.77. The van der Waals surface area contributed by atoms with Gasteiger partial charge in [0.15, 0.2) is 0 Å². The average Bonchev–Trinajstić information content (AvgIpc) is 2.57. The van der Waals surface area contributed by atoms with E-state index in [9.17, 15) is 4.79 Å². The lowest BCUT2D eigenvalue weighted by Gasteiger charge is -2.10. The van der Waals surface area contributed by atoms with Gasteiger partial charge < -0.3 is 15.4 Å². The minimum Gasteiger partial charge on any atom is -0.462 e. The molecule has 0 saturated heterocycles. The standard InChI is InChI=1S/C16H16ClN5O2/c1-3-18-10-20-11-5-7-12(8-6-11)21-14-13(15(23)24-4-2)9-19-16(17)22-14/h3,5-10H,1,4H2,2H3,(H,18,20)(H,19,21,22). The summed E-state index contributed by atoms with van der Waals surface area (Å²) in [6.07, 6.45) is 4.29. The van der Waals surface area contributed by atoms with Gasteiger partial charge in [-0.2, -0.15) is 4.98 Å². The van der Waals surface area contributed by atoms with Crippen LogP contribution >= 0.6 is 11.6 Å². The second-order valence-electron chi connectivity index (χ2n) is 4.43. The fourth-order valence-corrected chi connectivity index (χ4v) is 1.90. The molecular weight excluding hydrogens is 330 g/mol. The Bertz CT molecular complexity index is 747. The molecule has 1 heterocycles. The SMILES string of the molecule is C=CN=CNc1ccc(Nc2nc(Cl)ncc2C(=O)OCC)cc1. The highest BCUT2D eigenvalue weighted by atomic mass is 35.5. The summed E-state index contributed by atoms with van der Waals surface area (Å²) in [7, 11) is 0. The Balaban J connectivity index is 2.18. The lowest BCUT2D eigenvalue weighted by atomic mass is 10.2. The zero-order valence-corrected chi connectivity index (χ0v) is 13.7. The number of benzene rings is 1. The molecule has 0 amide bonds. The Morgan fingerprint density at radius 3 is 2.75 bits per heavy atom. The van der Waals surface area contributed by atoms with Crippen LogP contribution in [-0.4, -0.2) is 28.9 Å². The van der Waals surface area contributed by atoms with Crippen molar-refractivity contribution in [3.05, 3.63) is 54.1 Å². The monoisotopic (exact) mass is 345 g/mol. The third kappa shape index (κ3) is 4.79. The van der Waals surface area contributed by atoms with Gasteiger partial charge in [0.1, 0.15) is 11.4 Å². The topological polar surface area (TPSA) is 88.5 Å². The minimum absolute atomic E-state index is 0.0319. The first kappa shape index (κ1) is 17.4. The third-order valence-electron chi connectivity index (χ3n) is 2.81. The fourth-order valence-electron chi connectivity index (χ4n) is 1.76. The van der Waals surface area contributed by atoms with Crippen LogP contribution in [0.15, 0.2) is 48.2 Å². The number of anilines is 3. The summed E-state index contributed by atoms with van der Waals surface area (Å²) in [5.74, 6) is -0.238. The van der Waals surface area contributed by atoms with Gasteiger partial charge in [0.25, 0.3) is 0 Å². The van der Waals surface area contributed by atoms with Gasteiger partial charge in [0, 0.05) is 23.8 Å². The summed E-state index contributed by atoms with van der Waals surface area (Å²) in [6.45, 7) is 5.47. The molecule has 2 N–H and O–H groups in total. The van der Waals surface area contributed by atoms with E-state index in [1.807, 2.05) is 24.3 Å². The van der Waals surface area contributed by atoms with Gasteiger partial charge in [-0.05, 0) is 42.8 Å². The molecule has 0 saturated carbocycles. The van der Waals surface area contributed by atoms with Crippen molar-refractivity contribution in [3.63, 3.8) is 0 Å². The third-order valence-corrected chi connectivity index (χ3v) is 3.00. The smallest absolute Gasteiger partial charge is 0.343 e. The number of hydrogen-bond acceptors (Lipinski definition) is 6. The van der Waals surface area contributed by atoms with Gasteiger partial charge >= 0.3 is 5.97 Å². The lowest BCUT2D eigenvalue weighted by molar-refractivity contribution is 0.0526. The molecule has 8 heteroatoms. The van der Waals surface area contributed by atoms with Gasteiger partial charge in [-0.3, -0.25) is 0 Å². The number of carbonyl (C=O) groups is 1. The fraction of sp³-hybridized carbons (Fsp3) is 0.125. The van der Waals surface area contributed by atoms with E-state index in [0.29, 0.717) is 0 Å². The highest BCUT2D eigenvalue weighted by Crippen LogP contribution is 2.22. The Morgan fingerprint density at radius 1 is 1.38 bits per heavy atom. The van der Waals surface area contributed by atoms with E-state index in [1.54, 1.807) is 6.92 Å². The molecule has 0 fully saturated rings. The van der Waals surface area contributed by atoms with Crippen LogP contribution in [0, 0.1) is 0 Å². The quantitative estimate of drug-likeness (QED) is 0.345. The second kappa shape index (κ2) is 8.64. The molecule has 0 aliphatic heterocycles. The summed E-state index contributed by atoms with van der Waals surface area (Å²) in [4.78, 5) is 23.7. The van der Waals surface area contributed by atoms with Gasteiger partial charge in [-0.1, -0.05) is 6.58 Å². The number of nitrogens with zero attached hydrogens (tertiary/aromatic N) is 3. The predicted molar refractivity (Wildman–Crippen MR) is 95.0 cm³/mol. The van der Waals surface area contributed by atoms with Crippen LogP contribution in [0.2, 0.25) is 5.28 Å². The van der Waals surface area contributed by atoms with Crippen molar-refractivity contribution in [2.45, 2.75) is 6.92 Å². The normalized spacial score (nSPS) is 10.4. The van der Waals surface area contributed by atoms with Crippen molar-refractivity contribution in [2.75, 3.05) is 17.2 Å². The number of aliphatic imine (C=N–C) groups is 1. The van der Waals surface area contributed by atoms with Crippen molar-refractivity contribution < 1.29 is 9.53 Å². The average molecular weight is 346 g/mol. The van der Waals surface area contributed by atoms with Crippen molar-refractivity contribution in [3.8, 4) is 0 Å². The maximum Gasteiger partial charge on any atom is 0.343 e. The highest BCUT2D eigenvalue weighted by Gasteiger charge is 2.15. The molecule has 0 atom stereocenters. The van der Waals surface area contributed by atoms with E-state index >= 15 is 0 Å². The predicted octanol–water partition coefficient (Wildman–Crippen LogP) is 3.63. The Hall–Kier alpha value is -2.93. The van der Waals surface area contributed by atoms with E-state index in [0.717, 1.165) is 11.4 Å². The maximum atomic E-state index is 11.9. The molecule has 0 unspecified atom stereocenters. The number of nitrogens with one attached hydrogen (secondary N) is 2. The number of ether oxygens (including phenoxy) is 1. The Labute approximate surface area is 144 Å². The molecule has 0 radical (unpaired) electrons. The van der Waals surface area contributed by atoms with E-state index < -0.39 is 5.97 Å². The summed E-state index contributed by atoms with van der Waals surface area (Å²) >= 11 is 5.81. The van der Waals surface area contributed by atoms with Gasteiger partial charge in [-0.25, -0.2) is 14.8 Å². The largest absolute Gasteiger partial charge is 0.462 e. The number of esters is 1. The van der Waals surface area contributed by atoms with Crippen LogP contribution in [0.25, 0.3) is 0 Å². The first-order chi connectivity index (χ1) is 11.6. The van der Waals surface area contributed by atoms with Gasteiger partial charge in [0.05, 0.1) is 12.9 Å². The van der Waals surface area contributed by atoms with Crippen LogP contribution in [0.5, 0.6) is 0 Å². The van der Waals surface area contributed by atoms with Crippen LogP contribution in [0.4, 0.5) is 17.2 Å². The number of aromatic nitrogens is 2. The van der Waals surface area contributed by atoms with Crippen molar-refractivity contribution in [2.24, 2.45) is 4.99 Å². The zero-order chi connectivity index (χ0) is 17.4. The Morgan fingerprint density at radius 2 is 2.08 bits per heavy atom. The molecule has 1 aromatic carbocycles. The van der Waals surface area contributed by atoms with Gasteiger partial charge in [0.2, 0.25) is 5.28 Å². The molecule has 0 aliphatic rings. The number of carbonyl (C=O) groups excluding carboxylic acids is 1. The molecule has 0 bridgehead atoms. The summed E-state index contributed by atoms with van der Waals surface area (Å²) < 4.78 is 4.99. The lowest BCUT2D eigenvalue weighted by Crippen LogP contribution is -2.10.